The maximum absolute atomic E-state index is 2.42. The molecule has 2 aromatic heterocycles. The summed E-state index contributed by atoms with van der Waals surface area (Å²) in [6.07, 6.45) is 0. The highest BCUT2D eigenvalue weighted by atomic mass is 32.1. The van der Waals surface area contributed by atoms with E-state index >= 15 is 0 Å². The van der Waals surface area contributed by atoms with Gasteiger partial charge < -0.3 is 0 Å². The van der Waals surface area contributed by atoms with Crippen LogP contribution in [0.25, 0.3) is 63.6 Å². The summed E-state index contributed by atoms with van der Waals surface area (Å²) in [6.45, 7) is 2.19. The Kier molecular flexibility index (Phi) is 4.83. The van der Waals surface area contributed by atoms with Crippen molar-refractivity contribution < 1.29 is 0 Å². The van der Waals surface area contributed by atoms with Crippen LogP contribution in [-0.2, 0) is 0 Å². The van der Waals surface area contributed by atoms with Gasteiger partial charge in [-0.15, -0.1) is 22.7 Å². The van der Waals surface area contributed by atoms with E-state index < -0.39 is 0 Å². The van der Waals surface area contributed by atoms with E-state index in [2.05, 4.69) is 122 Å². The lowest BCUT2D eigenvalue weighted by Gasteiger charge is -2.18. The van der Waals surface area contributed by atoms with Crippen molar-refractivity contribution in [1.29, 1.82) is 0 Å². The van der Waals surface area contributed by atoms with Gasteiger partial charge in [-0.2, -0.15) is 0 Å². The monoisotopic (exact) mass is 482 g/mol. The van der Waals surface area contributed by atoms with E-state index in [4.69, 9.17) is 0 Å². The minimum absolute atomic E-state index is 1.26. The number of benzene rings is 5. The molecule has 2 heteroatoms. The number of hydrogen-bond donors (Lipinski definition) is 0. The Bertz CT molecular complexity index is 1810. The highest BCUT2D eigenvalue weighted by Crippen LogP contribution is 2.46. The minimum atomic E-state index is 1.26. The molecule has 0 aliphatic rings. The normalized spacial score (nSPS) is 11.6. The molecular weight excluding hydrogens is 460 g/mol. The third-order valence-corrected chi connectivity index (χ3v) is 9.02. The zero-order chi connectivity index (χ0) is 23.4. The quantitative estimate of drug-likeness (QED) is 0.220. The van der Waals surface area contributed by atoms with Crippen molar-refractivity contribution in [2.75, 3.05) is 0 Å². The van der Waals surface area contributed by atoms with E-state index in [9.17, 15) is 0 Å². The van der Waals surface area contributed by atoms with Crippen LogP contribution in [-0.4, -0.2) is 0 Å². The summed E-state index contributed by atoms with van der Waals surface area (Å²) in [5.41, 5.74) is 6.42. The molecule has 0 atom stereocenters. The van der Waals surface area contributed by atoms with Crippen LogP contribution in [0.4, 0.5) is 0 Å². The summed E-state index contributed by atoms with van der Waals surface area (Å²) < 4.78 is 2.77. The Morgan fingerprint density at radius 2 is 0.971 bits per heavy atom. The van der Waals surface area contributed by atoms with Gasteiger partial charge in [-0.25, -0.2) is 0 Å². The smallest absolute Gasteiger partial charge is 0.0459 e. The molecule has 0 bridgehead atoms. The van der Waals surface area contributed by atoms with E-state index in [1.165, 1.54) is 68.5 Å². The molecule has 5 aromatic carbocycles. The van der Waals surface area contributed by atoms with Crippen LogP contribution in [0.2, 0.25) is 0 Å². The Labute approximate surface area is 212 Å². The standard InChI is InChI=1S/C33H22S2/c1-21-18-30-31(34-21)20-29(35-30)24-16-17-27-28(19-24)33(23-12-6-3-7-13-23)26-15-9-8-14-25(26)32(27)22-10-4-2-5-11-22/h2-20H,1H3. The van der Waals surface area contributed by atoms with Crippen molar-refractivity contribution in [2.24, 2.45) is 0 Å². The van der Waals surface area contributed by atoms with Gasteiger partial charge in [0, 0.05) is 19.2 Å². The summed E-state index contributed by atoms with van der Waals surface area (Å²) in [5, 5.41) is 5.20. The Morgan fingerprint density at radius 3 is 1.60 bits per heavy atom. The predicted molar refractivity (Wildman–Crippen MR) is 156 cm³/mol. The lowest BCUT2D eigenvalue weighted by atomic mass is 9.85. The second-order valence-corrected chi connectivity index (χ2v) is 11.4. The molecule has 0 N–H and O–H groups in total. The molecule has 0 amide bonds. The van der Waals surface area contributed by atoms with Gasteiger partial charge >= 0.3 is 0 Å². The highest BCUT2D eigenvalue weighted by Gasteiger charge is 2.17. The number of fused-ring (bicyclic) bond motifs is 3. The van der Waals surface area contributed by atoms with Crippen LogP contribution in [0.15, 0.2) is 115 Å². The molecule has 0 radical (unpaired) electrons. The lowest BCUT2D eigenvalue weighted by molar-refractivity contribution is 1.65. The molecule has 7 aromatic rings. The topological polar surface area (TPSA) is 0 Å². The van der Waals surface area contributed by atoms with Crippen LogP contribution in [0.1, 0.15) is 4.88 Å². The number of hydrogen-bond acceptors (Lipinski definition) is 2. The van der Waals surface area contributed by atoms with Crippen molar-refractivity contribution in [2.45, 2.75) is 6.92 Å². The molecule has 0 spiro atoms. The van der Waals surface area contributed by atoms with Crippen LogP contribution in [0, 0.1) is 6.92 Å². The van der Waals surface area contributed by atoms with E-state index in [1.54, 1.807) is 0 Å². The van der Waals surface area contributed by atoms with Crippen molar-refractivity contribution in [3.05, 3.63) is 120 Å². The summed E-state index contributed by atoms with van der Waals surface area (Å²) >= 11 is 3.78. The van der Waals surface area contributed by atoms with Gasteiger partial charge in [0.2, 0.25) is 0 Å². The van der Waals surface area contributed by atoms with E-state index in [0.717, 1.165) is 0 Å². The van der Waals surface area contributed by atoms with Crippen molar-refractivity contribution in [3.8, 4) is 32.7 Å². The Balaban J connectivity index is 1.60. The van der Waals surface area contributed by atoms with Gasteiger partial charge in [-0.3, -0.25) is 0 Å². The van der Waals surface area contributed by atoms with E-state index in [0.29, 0.717) is 0 Å². The summed E-state index contributed by atoms with van der Waals surface area (Å²) in [5.74, 6) is 0. The predicted octanol–water partition coefficient (Wildman–Crippen LogP) is 10.6. The van der Waals surface area contributed by atoms with Gasteiger partial charge in [0.15, 0.2) is 0 Å². The molecule has 166 valence electrons. The van der Waals surface area contributed by atoms with E-state index in [-0.39, 0.29) is 0 Å². The van der Waals surface area contributed by atoms with Gasteiger partial charge in [0.05, 0.1) is 0 Å². The fourth-order valence-corrected chi connectivity index (χ4v) is 7.57. The molecule has 0 nitrogen and oxygen atoms in total. The maximum Gasteiger partial charge on any atom is 0.0459 e. The van der Waals surface area contributed by atoms with Gasteiger partial charge in [-0.05, 0) is 74.5 Å². The molecule has 0 saturated carbocycles. The molecule has 0 fully saturated rings. The molecule has 7 rings (SSSR count). The largest absolute Gasteiger partial charge is 0.140 e. The highest BCUT2D eigenvalue weighted by molar-refractivity contribution is 7.29. The first-order chi connectivity index (χ1) is 17.3. The minimum Gasteiger partial charge on any atom is -0.140 e. The van der Waals surface area contributed by atoms with E-state index in [1.807, 2.05) is 22.7 Å². The zero-order valence-corrected chi connectivity index (χ0v) is 20.9. The maximum atomic E-state index is 2.42. The summed E-state index contributed by atoms with van der Waals surface area (Å²) in [4.78, 5) is 2.71. The fraction of sp³-hybridized carbons (Fsp3) is 0.0303. The second kappa shape index (κ2) is 8.20. The first kappa shape index (κ1) is 20.6. The molecule has 0 saturated heterocycles. The Hall–Kier alpha value is -3.72. The van der Waals surface area contributed by atoms with Gasteiger partial charge in [-0.1, -0.05) is 97.1 Å². The average molecular weight is 483 g/mol. The fourth-order valence-electron chi connectivity index (χ4n) is 5.26. The molecule has 0 aliphatic carbocycles. The van der Waals surface area contributed by atoms with Crippen molar-refractivity contribution >= 4 is 53.6 Å². The third kappa shape index (κ3) is 3.41. The van der Waals surface area contributed by atoms with Crippen LogP contribution < -0.4 is 0 Å². The summed E-state index contributed by atoms with van der Waals surface area (Å²) in [7, 11) is 0. The SMILES string of the molecule is Cc1cc2sc(-c3ccc4c(-c5ccccc5)c5ccccc5c(-c5ccccc5)c4c3)cc2s1. The number of thiophene rings is 2. The molecule has 2 heterocycles. The zero-order valence-electron chi connectivity index (χ0n) is 19.3. The van der Waals surface area contributed by atoms with Crippen LogP contribution in [0.5, 0.6) is 0 Å². The molecule has 0 aliphatic heterocycles. The first-order valence-corrected chi connectivity index (χ1v) is 13.5. The van der Waals surface area contributed by atoms with Gasteiger partial charge in [0.25, 0.3) is 0 Å². The number of aryl methyl sites for hydroxylation is 1. The summed E-state index contributed by atoms with van der Waals surface area (Å²) in [6, 6.07) is 42.3. The van der Waals surface area contributed by atoms with Crippen LogP contribution >= 0.6 is 22.7 Å². The molecule has 0 unspecified atom stereocenters. The van der Waals surface area contributed by atoms with Crippen molar-refractivity contribution in [1.82, 2.24) is 0 Å². The molecule has 35 heavy (non-hydrogen) atoms. The Morgan fingerprint density at radius 1 is 0.429 bits per heavy atom. The van der Waals surface area contributed by atoms with Crippen molar-refractivity contribution in [3.63, 3.8) is 0 Å². The van der Waals surface area contributed by atoms with Gasteiger partial charge in [0.1, 0.15) is 0 Å². The second-order valence-electron chi connectivity index (χ2n) is 8.98. The molecular formula is C33H22S2. The van der Waals surface area contributed by atoms with Crippen LogP contribution in [0.3, 0.4) is 0 Å². The average Bonchev–Trinajstić information content (AvgIpc) is 3.45. The first-order valence-electron chi connectivity index (χ1n) is 11.9. The number of rotatable bonds is 3. The third-order valence-electron chi connectivity index (χ3n) is 6.76. The lowest BCUT2D eigenvalue weighted by Crippen LogP contribution is -1.91.